The van der Waals surface area contributed by atoms with Crippen LogP contribution in [0.25, 0.3) is 16.9 Å². The van der Waals surface area contributed by atoms with Gasteiger partial charge in [0.1, 0.15) is 17.3 Å². The summed E-state index contributed by atoms with van der Waals surface area (Å²) in [6.45, 7) is 5.58. The van der Waals surface area contributed by atoms with Gasteiger partial charge in [0, 0.05) is 23.0 Å². The van der Waals surface area contributed by atoms with Gasteiger partial charge in [0.25, 0.3) is 5.56 Å². The Morgan fingerprint density at radius 2 is 1.81 bits per heavy atom. The first-order valence-corrected chi connectivity index (χ1v) is 9.88. The van der Waals surface area contributed by atoms with Crippen molar-refractivity contribution in [2.24, 2.45) is 5.10 Å². The Morgan fingerprint density at radius 3 is 2.52 bits per heavy atom. The molecule has 6 nitrogen and oxygen atoms in total. The van der Waals surface area contributed by atoms with Gasteiger partial charge in [-0.2, -0.15) is 15.5 Å². The van der Waals surface area contributed by atoms with E-state index in [4.69, 9.17) is 5.10 Å². The Labute approximate surface area is 180 Å². The number of nitrogens with zero attached hydrogens (tertiary/aromatic N) is 5. The lowest BCUT2D eigenvalue weighted by Crippen LogP contribution is -2.22. The number of rotatable bonds is 4. The van der Waals surface area contributed by atoms with Crippen LogP contribution in [-0.2, 0) is 0 Å². The van der Waals surface area contributed by atoms with E-state index in [1.807, 2.05) is 67.7 Å². The predicted octanol–water partition coefficient (Wildman–Crippen LogP) is 4.38. The van der Waals surface area contributed by atoms with Gasteiger partial charge in [-0.1, -0.05) is 42.0 Å². The fraction of sp³-hybridized carbons (Fsp3) is 0.120. The molecule has 0 N–H and O–H groups in total. The van der Waals surface area contributed by atoms with Gasteiger partial charge in [-0.15, -0.1) is 0 Å². The fourth-order valence-electron chi connectivity index (χ4n) is 3.49. The molecule has 0 spiro atoms. The average molecular weight is 407 g/mol. The highest BCUT2D eigenvalue weighted by atomic mass is 16.1. The highest BCUT2D eigenvalue weighted by Gasteiger charge is 2.13. The van der Waals surface area contributed by atoms with Gasteiger partial charge < -0.3 is 0 Å². The molecule has 0 radical (unpaired) electrons. The molecule has 0 fully saturated rings. The molecule has 0 bridgehead atoms. The van der Waals surface area contributed by atoms with Gasteiger partial charge >= 0.3 is 0 Å². The molecule has 0 aliphatic heterocycles. The lowest BCUT2D eigenvalue weighted by atomic mass is 10.1. The second-order valence-corrected chi connectivity index (χ2v) is 7.40. The maximum absolute atomic E-state index is 12.7. The number of nitriles is 1. The van der Waals surface area contributed by atoms with Gasteiger partial charge in [-0.25, -0.2) is 9.36 Å². The third-order valence-corrected chi connectivity index (χ3v) is 5.04. The zero-order valence-electron chi connectivity index (χ0n) is 17.6. The molecule has 0 atom stereocenters. The van der Waals surface area contributed by atoms with Crippen LogP contribution < -0.4 is 5.56 Å². The SMILES string of the molecule is Cc1cccc(-c2nn(-c3ccccc3)cc2/C=N\n2c(C)cc(C)c(C#N)c2=O)c1. The minimum Gasteiger partial charge on any atom is -0.266 e. The standard InChI is InChI=1S/C25H21N5O/c1-17-8-7-9-20(12-17)24-21(16-29(28-24)22-10-5-4-6-11-22)15-27-30-19(3)13-18(2)23(14-26)25(30)31/h4-13,15-16H,1-3H3/b27-15-. The quantitative estimate of drug-likeness (QED) is 0.471. The molecule has 0 aliphatic carbocycles. The third kappa shape index (κ3) is 3.94. The monoisotopic (exact) mass is 407 g/mol. The Morgan fingerprint density at radius 1 is 1.03 bits per heavy atom. The van der Waals surface area contributed by atoms with E-state index < -0.39 is 5.56 Å². The lowest BCUT2D eigenvalue weighted by Gasteiger charge is -2.06. The molecule has 2 aromatic carbocycles. The summed E-state index contributed by atoms with van der Waals surface area (Å²) in [5.74, 6) is 0. The van der Waals surface area contributed by atoms with Gasteiger partial charge in [0.05, 0.1) is 11.9 Å². The Hall–Kier alpha value is -4.24. The van der Waals surface area contributed by atoms with Crippen molar-refractivity contribution in [3.63, 3.8) is 0 Å². The zero-order chi connectivity index (χ0) is 22.0. The number of pyridine rings is 1. The Balaban J connectivity index is 1.86. The van der Waals surface area contributed by atoms with Crippen LogP contribution in [-0.4, -0.2) is 20.7 Å². The van der Waals surface area contributed by atoms with Crippen LogP contribution >= 0.6 is 0 Å². The first kappa shape index (κ1) is 20.0. The van der Waals surface area contributed by atoms with E-state index in [9.17, 15) is 10.1 Å². The molecule has 0 aliphatic rings. The van der Waals surface area contributed by atoms with Crippen molar-refractivity contribution in [1.29, 1.82) is 5.26 Å². The van der Waals surface area contributed by atoms with E-state index in [1.165, 1.54) is 4.68 Å². The molecular weight excluding hydrogens is 386 g/mol. The second-order valence-electron chi connectivity index (χ2n) is 7.40. The summed E-state index contributed by atoms with van der Waals surface area (Å²) in [7, 11) is 0. The van der Waals surface area contributed by atoms with Crippen molar-refractivity contribution in [1.82, 2.24) is 14.5 Å². The maximum atomic E-state index is 12.7. The molecule has 4 rings (SSSR count). The molecule has 4 aromatic rings. The third-order valence-electron chi connectivity index (χ3n) is 5.04. The van der Waals surface area contributed by atoms with Crippen LogP contribution in [0.1, 0.15) is 27.9 Å². The largest absolute Gasteiger partial charge is 0.289 e. The minimum absolute atomic E-state index is 0.0987. The summed E-state index contributed by atoms with van der Waals surface area (Å²) < 4.78 is 3.05. The predicted molar refractivity (Wildman–Crippen MR) is 122 cm³/mol. The molecule has 31 heavy (non-hydrogen) atoms. The number of hydrogen-bond donors (Lipinski definition) is 0. The Bertz CT molecular complexity index is 1390. The fourth-order valence-corrected chi connectivity index (χ4v) is 3.49. The lowest BCUT2D eigenvalue weighted by molar-refractivity contribution is 0.786. The van der Waals surface area contributed by atoms with Gasteiger partial charge in [-0.05, 0) is 50.6 Å². The molecule has 0 unspecified atom stereocenters. The highest BCUT2D eigenvalue weighted by molar-refractivity contribution is 5.88. The summed E-state index contributed by atoms with van der Waals surface area (Å²) in [5, 5.41) is 18.5. The van der Waals surface area contributed by atoms with E-state index >= 15 is 0 Å². The maximum Gasteiger partial charge on any atom is 0.289 e. The van der Waals surface area contributed by atoms with Gasteiger partial charge in [0.15, 0.2) is 0 Å². The van der Waals surface area contributed by atoms with Crippen LogP contribution in [0, 0.1) is 32.1 Å². The van der Waals surface area contributed by atoms with E-state index in [1.54, 1.807) is 30.8 Å². The number of aromatic nitrogens is 3. The Kier molecular flexibility index (Phi) is 5.33. The van der Waals surface area contributed by atoms with Crippen molar-refractivity contribution >= 4 is 6.21 Å². The number of aryl methyl sites for hydroxylation is 3. The molecule has 6 heteroatoms. The second kappa shape index (κ2) is 8.25. The normalized spacial score (nSPS) is 11.0. The molecule has 0 saturated heterocycles. The van der Waals surface area contributed by atoms with E-state index in [0.717, 1.165) is 28.1 Å². The van der Waals surface area contributed by atoms with Crippen molar-refractivity contribution in [2.45, 2.75) is 20.8 Å². The highest BCUT2D eigenvalue weighted by Crippen LogP contribution is 2.23. The van der Waals surface area contributed by atoms with Gasteiger partial charge in [-0.3, -0.25) is 4.79 Å². The molecule has 2 aromatic heterocycles. The summed E-state index contributed by atoms with van der Waals surface area (Å²) in [4.78, 5) is 12.7. The molecular formula is C25H21N5O. The number of hydrogen-bond acceptors (Lipinski definition) is 4. The summed E-state index contributed by atoms with van der Waals surface area (Å²) in [6.07, 6.45) is 3.51. The molecule has 0 saturated carbocycles. The molecule has 152 valence electrons. The zero-order valence-corrected chi connectivity index (χ0v) is 17.6. The molecule has 0 amide bonds. The van der Waals surface area contributed by atoms with Crippen LogP contribution in [0.5, 0.6) is 0 Å². The van der Waals surface area contributed by atoms with E-state index in [0.29, 0.717) is 11.3 Å². The van der Waals surface area contributed by atoms with Crippen molar-refractivity contribution in [3.8, 4) is 23.0 Å². The topological polar surface area (TPSA) is 76.0 Å². The molecule has 2 heterocycles. The summed E-state index contributed by atoms with van der Waals surface area (Å²) >= 11 is 0. The summed E-state index contributed by atoms with van der Waals surface area (Å²) in [6, 6.07) is 21.6. The van der Waals surface area contributed by atoms with Crippen molar-refractivity contribution in [3.05, 3.63) is 105 Å². The van der Waals surface area contributed by atoms with Crippen LogP contribution in [0.2, 0.25) is 0 Å². The average Bonchev–Trinajstić information content (AvgIpc) is 3.18. The van der Waals surface area contributed by atoms with Crippen LogP contribution in [0.15, 0.2) is 76.8 Å². The van der Waals surface area contributed by atoms with Gasteiger partial charge in [0.2, 0.25) is 0 Å². The van der Waals surface area contributed by atoms with Crippen molar-refractivity contribution in [2.75, 3.05) is 0 Å². The van der Waals surface area contributed by atoms with E-state index in [-0.39, 0.29) is 5.56 Å². The minimum atomic E-state index is -0.427. The number of benzene rings is 2. The first-order chi connectivity index (χ1) is 15.0. The first-order valence-electron chi connectivity index (χ1n) is 9.88. The number of para-hydroxylation sites is 1. The summed E-state index contributed by atoms with van der Waals surface area (Å²) in [5.41, 5.74) is 5.51. The smallest absolute Gasteiger partial charge is 0.266 e. The van der Waals surface area contributed by atoms with Crippen LogP contribution in [0.4, 0.5) is 0 Å². The van der Waals surface area contributed by atoms with Crippen LogP contribution in [0.3, 0.4) is 0 Å². The van der Waals surface area contributed by atoms with E-state index in [2.05, 4.69) is 11.2 Å². The van der Waals surface area contributed by atoms with Crippen molar-refractivity contribution < 1.29 is 0 Å².